The summed E-state index contributed by atoms with van der Waals surface area (Å²) < 4.78 is 28.8. The average Bonchev–Trinajstić information content (AvgIpc) is 3.19. The first-order chi connectivity index (χ1) is 11.8. The highest BCUT2D eigenvalue weighted by Gasteiger charge is 2.14. The zero-order chi connectivity index (χ0) is 18.0. The minimum atomic E-state index is -3.84. The fraction of sp³-hybridized carbons (Fsp3) is 0.118. The number of nitrogens with zero attached hydrogens (tertiary/aromatic N) is 1. The van der Waals surface area contributed by atoms with E-state index < -0.39 is 15.7 Å². The third kappa shape index (κ3) is 4.28. The van der Waals surface area contributed by atoms with Crippen LogP contribution in [0.25, 0.3) is 11.6 Å². The van der Waals surface area contributed by atoms with E-state index >= 15 is 0 Å². The summed E-state index contributed by atoms with van der Waals surface area (Å²) in [6, 6.07) is 10.9. The molecule has 0 aliphatic rings. The predicted octanol–water partition coefficient (Wildman–Crippen LogP) is 3.26. The Morgan fingerprint density at radius 1 is 1.12 bits per heavy atom. The molecule has 3 rings (SSSR count). The van der Waals surface area contributed by atoms with Gasteiger partial charge in [0.25, 0.3) is 5.56 Å². The van der Waals surface area contributed by atoms with E-state index in [0.717, 1.165) is 31.9 Å². The lowest BCUT2D eigenvalue weighted by atomic mass is 10.1. The van der Waals surface area contributed by atoms with Crippen LogP contribution < -0.4 is 9.84 Å². The van der Waals surface area contributed by atoms with E-state index in [4.69, 9.17) is 4.28 Å². The van der Waals surface area contributed by atoms with Gasteiger partial charge >= 0.3 is 10.1 Å². The van der Waals surface area contributed by atoms with Gasteiger partial charge in [-0.2, -0.15) is 8.42 Å². The summed E-state index contributed by atoms with van der Waals surface area (Å²) in [6.07, 6.45) is 2.68. The number of hydrogen-bond acceptors (Lipinski definition) is 6. The van der Waals surface area contributed by atoms with Crippen molar-refractivity contribution < 1.29 is 12.7 Å². The summed E-state index contributed by atoms with van der Waals surface area (Å²) in [5.41, 5.74) is 1.46. The number of thiophene rings is 2. The van der Waals surface area contributed by atoms with Crippen molar-refractivity contribution in [3.8, 4) is 0 Å². The van der Waals surface area contributed by atoms with Crippen LogP contribution in [0.4, 0.5) is 0 Å². The molecule has 0 aliphatic carbocycles. The molecule has 3 aromatic rings. The number of aromatic nitrogens is 1. The Bertz CT molecular complexity index is 1020. The zero-order valence-electron chi connectivity index (χ0n) is 13.5. The van der Waals surface area contributed by atoms with E-state index in [-0.39, 0.29) is 0 Å². The Labute approximate surface area is 153 Å². The standard InChI is InChI=1S/C17H15NO4S3/c1-12-9-13(18(17(19)10-12)22-25(2,20)21)11-14(15-5-3-7-23-15)16-6-4-8-24-16/h3-11H,1-2H3. The van der Waals surface area contributed by atoms with Gasteiger partial charge in [0.15, 0.2) is 0 Å². The minimum absolute atomic E-state index is 0.368. The summed E-state index contributed by atoms with van der Waals surface area (Å²) >= 11 is 3.14. The first-order valence-corrected chi connectivity index (χ1v) is 10.8. The largest absolute Gasteiger partial charge is 0.324 e. The van der Waals surface area contributed by atoms with Crippen LogP contribution in [-0.4, -0.2) is 19.4 Å². The molecule has 0 unspecified atom stereocenters. The van der Waals surface area contributed by atoms with Crippen molar-refractivity contribution in [3.05, 3.63) is 78.5 Å². The van der Waals surface area contributed by atoms with Crippen molar-refractivity contribution in [2.75, 3.05) is 6.26 Å². The molecular weight excluding hydrogens is 378 g/mol. The first kappa shape index (κ1) is 17.7. The number of rotatable bonds is 5. The van der Waals surface area contributed by atoms with Crippen molar-refractivity contribution in [1.82, 2.24) is 4.73 Å². The van der Waals surface area contributed by atoms with Gasteiger partial charge in [-0.25, -0.2) is 0 Å². The van der Waals surface area contributed by atoms with Crippen molar-refractivity contribution >= 4 is 44.4 Å². The van der Waals surface area contributed by atoms with Gasteiger partial charge in [-0.15, -0.1) is 27.4 Å². The van der Waals surface area contributed by atoms with Crippen LogP contribution in [0.3, 0.4) is 0 Å². The molecule has 0 atom stereocenters. The summed E-state index contributed by atoms with van der Waals surface area (Å²) in [5, 5.41) is 3.93. The van der Waals surface area contributed by atoms with E-state index in [9.17, 15) is 13.2 Å². The number of aryl methyl sites for hydroxylation is 1. The van der Waals surface area contributed by atoms with Gasteiger partial charge in [-0.1, -0.05) is 12.1 Å². The average molecular weight is 394 g/mol. The maximum absolute atomic E-state index is 12.2. The summed E-state index contributed by atoms with van der Waals surface area (Å²) in [7, 11) is -3.84. The van der Waals surface area contributed by atoms with E-state index in [1.165, 1.54) is 6.07 Å². The molecule has 8 heteroatoms. The van der Waals surface area contributed by atoms with E-state index in [1.54, 1.807) is 41.7 Å². The maximum Gasteiger partial charge on any atom is 0.324 e. The van der Waals surface area contributed by atoms with Gasteiger partial charge in [0.2, 0.25) is 0 Å². The van der Waals surface area contributed by atoms with Gasteiger partial charge in [-0.05, 0) is 47.5 Å². The molecule has 0 spiro atoms. The Balaban J connectivity index is 2.23. The molecular formula is C17H15NO4S3. The molecule has 0 saturated carbocycles. The van der Waals surface area contributed by atoms with Crippen LogP contribution in [0.5, 0.6) is 0 Å². The molecule has 0 aromatic carbocycles. The monoisotopic (exact) mass is 393 g/mol. The molecule has 3 heterocycles. The van der Waals surface area contributed by atoms with Crippen LogP contribution >= 0.6 is 22.7 Å². The normalized spacial score (nSPS) is 11.3. The lowest BCUT2D eigenvalue weighted by Gasteiger charge is -2.11. The van der Waals surface area contributed by atoms with Crippen LogP contribution in [0, 0.1) is 6.92 Å². The lowest BCUT2D eigenvalue weighted by Crippen LogP contribution is -2.31. The summed E-state index contributed by atoms with van der Waals surface area (Å²) in [6.45, 7) is 1.78. The van der Waals surface area contributed by atoms with Crippen LogP contribution in [0.2, 0.25) is 0 Å². The topological polar surface area (TPSA) is 65.4 Å². The van der Waals surface area contributed by atoms with E-state index in [2.05, 4.69) is 0 Å². The lowest BCUT2D eigenvalue weighted by molar-refractivity contribution is 0.267. The SMILES string of the molecule is Cc1cc(C=C(c2cccs2)c2cccs2)n(OS(C)(=O)=O)c(=O)c1. The fourth-order valence-electron chi connectivity index (χ4n) is 2.30. The minimum Gasteiger partial charge on any atom is -0.284 e. The van der Waals surface area contributed by atoms with Crippen molar-refractivity contribution in [1.29, 1.82) is 0 Å². The highest BCUT2D eigenvalue weighted by Crippen LogP contribution is 2.32. The zero-order valence-corrected chi connectivity index (χ0v) is 16.0. The molecule has 0 bridgehead atoms. The van der Waals surface area contributed by atoms with Crippen LogP contribution in [-0.2, 0) is 10.1 Å². The predicted molar refractivity (Wildman–Crippen MR) is 102 cm³/mol. The fourth-order valence-corrected chi connectivity index (χ4v) is 4.31. The second kappa shape index (κ2) is 6.99. The molecule has 130 valence electrons. The molecule has 0 fully saturated rings. The number of pyridine rings is 1. The molecule has 5 nitrogen and oxygen atoms in total. The molecule has 0 N–H and O–H groups in total. The molecule has 0 saturated heterocycles. The van der Waals surface area contributed by atoms with Gasteiger partial charge in [0.1, 0.15) is 0 Å². The van der Waals surface area contributed by atoms with E-state index in [0.29, 0.717) is 5.69 Å². The third-order valence-electron chi connectivity index (χ3n) is 3.24. The highest BCUT2D eigenvalue weighted by molar-refractivity contribution is 7.86. The second-order valence-electron chi connectivity index (χ2n) is 5.38. The molecule has 0 radical (unpaired) electrons. The third-order valence-corrected chi connectivity index (χ3v) is 5.46. The Kier molecular flexibility index (Phi) is 4.94. The second-order valence-corrected chi connectivity index (χ2v) is 8.83. The van der Waals surface area contributed by atoms with Crippen LogP contribution in [0.1, 0.15) is 21.0 Å². The summed E-state index contributed by atoms with van der Waals surface area (Å²) in [5.74, 6) is 0. The quantitative estimate of drug-likeness (QED) is 0.667. The first-order valence-electron chi connectivity index (χ1n) is 7.26. The van der Waals surface area contributed by atoms with Crippen LogP contribution in [0.15, 0.2) is 52.0 Å². The van der Waals surface area contributed by atoms with Gasteiger partial charge in [-0.3, -0.25) is 9.08 Å². The maximum atomic E-state index is 12.2. The van der Waals surface area contributed by atoms with Crippen molar-refractivity contribution in [3.63, 3.8) is 0 Å². The smallest absolute Gasteiger partial charge is 0.284 e. The summed E-state index contributed by atoms with van der Waals surface area (Å²) in [4.78, 5) is 14.3. The van der Waals surface area contributed by atoms with Gasteiger partial charge < -0.3 is 0 Å². The molecule has 0 aliphatic heterocycles. The Hall–Kier alpha value is -2.16. The Morgan fingerprint density at radius 2 is 1.72 bits per heavy atom. The number of hydrogen-bond donors (Lipinski definition) is 0. The van der Waals surface area contributed by atoms with Crippen molar-refractivity contribution in [2.24, 2.45) is 0 Å². The van der Waals surface area contributed by atoms with Crippen molar-refractivity contribution in [2.45, 2.75) is 6.92 Å². The molecule has 3 aromatic heterocycles. The van der Waals surface area contributed by atoms with Gasteiger partial charge in [0.05, 0.1) is 11.9 Å². The molecule has 25 heavy (non-hydrogen) atoms. The van der Waals surface area contributed by atoms with E-state index in [1.807, 2.05) is 35.0 Å². The Morgan fingerprint density at radius 3 is 2.20 bits per heavy atom. The highest BCUT2D eigenvalue weighted by atomic mass is 32.2. The molecule has 0 amide bonds. The van der Waals surface area contributed by atoms with Gasteiger partial charge in [0, 0.05) is 21.4 Å².